The largest absolute Gasteiger partial charge is 0.367 e. The zero-order valence-electron chi connectivity index (χ0n) is 14.8. The van der Waals surface area contributed by atoms with Gasteiger partial charge in [0.1, 0.15) is 11.5 Å². The first-order chi connectivity index (χ1) is 12.2. The summed E-state index contributed by atoms with van der Waals surface area (Å²) < 4.78 is 0. The van der Waals surface area contributed by atoms with Crippen LogP contribution in [-0.4, -0.2) is 34.1 Å². The second kappa shape index (κ2) is 6.84. The van der Waals surface area contributed by atoms with Crippen molar-refractivity contribution < 1.29 is 0 Å². The fourth-order valence-corrected chi connectivity index (χ4v) is 3.42. The van der Waals surface area contributed by atoms with Crippen LogP contribution in [0.5, 0.6) is 0 Å². The van der Waals surface area contributed by atoms with Crippen LogP contribution in [0.15, 0.2) is 36.5 Å². The van der Waals surface area contributed by atoms with Gasteiger partial charge in [0.05, 0.1) is 5.69 Å². The smallest absolute Gasteiger partial charge is 0.140 e. The molecule has 0 aliphatic carbocycles. The molecule has 130 valence electrons. The molecule has 0 atom stereocenters. The highest BCUT2D eigenvalue weighted by Crippen LogP contribution is 2.30. The van der Waals surface area contributed by atoms with Gasteiger partial charge in [-0.05, 0) is 56.1 Å². The van der Waals surface area contributed by atoms with E-state index in [0.29, 0.717) is 12.0 Å². The number of nitrogens with zero attached hydrogens (tertiary/aromatic N) is 2. The van der Waals surface area contributed by atoms with E-state index >= 15 is 0 Å². The van der Waals surface area contributed by atoms with E-state index in [2.05, 4.69) is 59.8 Å². The maximum Gasteiger partial charge on any atom is 0.140 e. The molecule has 5 heteroatoms. The van der Waals surface area contributed by atoms with E-state index in [-0.39, 0.29) is 0 Å². The summed E-state index contributed by atoms with van der Waals surface area (Å²) in [5.41, 5.74) is 4.16. The molecule has 1 saturated heterocycles. The van der Waals surface area contributed by atoms with Crippen molar-refractivity contribution in [3.63, 3.8) is 0 Å². The Bertz CT molecular complexity index is 861. The van der Waals surface area contributed by atoms with Crippen LogP contribution in [0.4, 0.5) is 5.82 Å². The van der Waals surface area contributed by atoms with Gasteiger partial charge in [0.25, 0.3) is 0 Å². The van der Waals surface area contributed by atoms with Crippen LogP contribution in [-0.2, 0) is 0 Å². The summed E-state index contributed by atoms with van der Waals surface area (Å²) in [5, 5.41) is 8.13. The normalized spacial score (nSPS) is 15.8. The third-order valence-electron chi connectivity index (χ3n) is 4.86. The Kier molecular flexibility index (Phi) is 4.40. The van der Waals surface area contributed by atoms with Crippen molar-refractivity contribution in [1.29, 1.82) is 0 Å². The van der Waals surface area contributed by atoms with Gasteiger partial charge in [-0.25, -0.2) is 4.98 Å². The number of piperidine rings is 1. The minimum Gasteiger partial charge on any atom is -0.367 e. The number of fused-ring (bicyclic) bond motifs is 1. The summed E-state index contributed by atoms with van der Waals surface area (Å²) in [4.78, 5) is 12.9. The summed E-state index contributed by atoms with van der Waals surface area (Å²) in [6.45, 7) is 6.48. The zero-order chi connectivity index (χ0) is 17.2. The lowest BCUT2D eigenvalue weighted by Crippen LogP contribution is -2.35. The van der Waals surface area contributed by atoms with Gasteiger partial charge in [-0.2, -0.15) is 0 Å². The highest BCUT2D eigenvalue weighted by molar-refractivity contribution is 5.93. The topological polar surface area (TPSA) is 65.6 Å². The molecule has 1 aliphatic heterocycles. The predicted octanol–water partition coefficient (Wildman–Crippen LogP) is 3.91. The average Bonchev–Trinajstić information content (AvgIpc) is 3.10. The Morgan fingerprint density at radius 1 is 1.12 bits per heavy atom. The first kappa shape index (κ1) is 16.1. The number of hydrogen-bond acceptors (Lipinski definition) is 4. The van der Waals surface area contributed by atoms with E-state index in [4.69, 9.17) is 9.97 Å². The van der Waals surface area contributed by atoms with Gasteiger partial charge in [-0.15, -0.1) is 0 Å². The van der Waals surface area contributed by atoms with E-state index in [1.807, 2.05) is 6.20 Å². The lowest BCUT2D eigenvalue weighted by Gasteiger charge is -2.24. The molecule has 3 aromatic rings. The van der Waals surface area contributed by atoms with Gasteiger partial charge in [0.15, 0.2) is 0 Å². The Labute approximate surface area is 148 Å². The maximum atomic E-state index is 4.88. The summed E-state index contributed by atoms with van der Waals surface area (Å²) in [7, 11) is 0. The van der Waals surface area contributed by atoms with Crippen molar-refractivity contribution in [3.05, 3.63) is 42.2 Å². The summed E-state index contributed by atoms with van der Waals surface area (Å²) in [6.07, 6.45) is 4.20. The van der Waals surface area contributed by atoms with Crippen molar-refractivity contribution in [2.45, 2.75) is 38.6 Å². The van der Waals surface area contributed by atoms with Crippen LogP contribution in [0.25, 0.3) is 22.3 Å². The molecule has 0 amide bonds. The lowest BCUT2D eigenvalue weighted by atomic mass is 10.0. The third-order valence-corrected chi connectivity index (χ3v) is 4.86. The second-order valence-corrected chi connectivity index (χ2v) is 7.07. The van der Waals surface area contributed by atoms with Crippen molar-refractivity contribution in [1.82, 2.24) is 20.3 Å². The van der Waals surface area contributed by atoms with Crippen LogP contribution in [0.3, 0.4) is 0 Å². The molecule has 0 unspecified atom stereocenters. The monoisotopic (exact) mass is 335 g/mol. The maximum absolute atomic E-state index is 4.88. The number of aromatic amines is 1. The lowest BCUT2D eigenvalue weighted by molar-refractivity contribution is 0.478. The van der Waals surface area contributed by atoms with Crippen molar-refractivity contribution >= 4 is 16.9 Å². The van der Waals surface area contributed by atoms with E-state index in [9.17, 15) is 0 Å². The molecule has 25 heavy (non-hydrogen) atoms. The van der Waals surface area contributed by atoms with Gasteiger partial charge in [-0.1, -0.05) is 19.9 Å². The molecule has 5 nitrogen and oxygen atoms in total. The molecule has 1 aliphatic rings. The van der Waals surface area contributed by atoms with Gasteiger partial charge >= 0.3 is 0 Å². The molecule has 4 heterocycles. The number of rotatable bonds is 4. The first-order valence-corrected chi connectivity index (χ1v) is 9.13. The molecule has 0 spiro atoms. The van der Waals surface area contributed by atoms with E-state index in [1.165, 1.54) is 0 Å². The Hall–Kier alpha value is -2.40. The zero-order valence-corrected chi connectivity index (χ0v) is 14.8. The number of nitrogens with one attached hydrogen (secondary N) is 3. The molecular weight excluding hydrogens is 310 g/mol. The Balaban J connectivity index is 1.74. The Morgan fingerprint density at radius 2 is 1.96 bits per heavy atom. The number of H-pyrrole nitrogens is 1. The van der Waals surface area contributed by atoms with Crippen molar-refractivity contribution in [2.24, 2.45) is 0 Å². The molecule has 3 aromatic heterocycles. The standard InChI is InChI=1S/C20H25N5/c1-13(2)17-4-3-5-18(24-17)16-12-19(23-14-6-9-21-10-7-14)25-20-15(16)8-11-22-20/h3-5,8,11-14,21H,6-7,9-10H2,1-2H3,(H2,22,23,25). The predicted molar refractivity (Wildman–Crippen MR) is 103 cm³/mol. The molecule has 0 radical (unpaired) electrons. The fraction of sp³-hybridized carbons (Fsp3) is 0.400. The average molecular weight is 335 g/mol. The minimum atomic E-state index is 0.413. The fourth-order valence-electron chi connectivity index (χ4n) is 3.42. The summed E-state index contributed by atoms with van der Waals surface area (Å²) >= 11 is 0. The minimum absolute atomic E-state index is 0.413. The number of anilines is 1. The van der Waals surface area contributed by atoms with E-state index < -0.39 is 0 Å². The molecule has 0 aromatic carbocycles. The van der Waals surface area contributed by atoms with Crippen molar-refractivity contribution in [3.8, 4) is 11.3 Å². The highest BCUT2D eigenvalue weighted by atomic mass is 15.1. The molecular formula is C20H25N5. The van der Waals surface area contributed by atoms with Crippen LogP contribution >= 0.6 is 0 Å². The van der Waals surface area contributed by atoms with Gasteiger partial charge in [-0.3, -0.25) is 4.98 Å². The molecule has 3 N–H and O–H groups in total. The summed E-state index contributed by atoms with van der Waals surface area (Å²) in [5.74, 6) is 1.34. The molecule has 1 fully saturated rings. The first-order valence-electron chi connectivity index (χ1n) is 9.13. The quantitative estimate of drug-likeness (QED) is 0.676. The van der Waals surface area contributed by atoms with Crippen LogP contribution in [0, 0.1) is 0 Å². The molecule has 0 bridgehead atoms. The van der Waals surface area contributed by atoms with Crippen LogP contribution in [0.1, 0.15) is 38.3 Å². The number of pyridine rings is 2. The SMILES string of the molecule is CC(C)c1cccc(-c2cc(NC3CCNCC3)nc3[nH]ccc23)n1. The van der Waals surface area contributed by atoms with Gasteiger partial charge in [0, 0.05) is 28.9 Å². The van der Waals surface area contributed by atoms with Crippen molar-refractivity contribution in [2.75, 3.05) is 18.4 Å². The van der Waals surface area contributed by atoms with Gasteiger partial charge in [0.2, 0.25) is 0 Å². The molecule has 0 saturated carbocycles. The van der Waals surface area contributed by atoms with Gasteiger partial charge < -0.3 is 15.6 Å². The Morgan fingerprint density at radius 3 is 2.76 bits per heavy atom. The summed E-state index contributed by atoms with van der Waals surface area (Å²) in [6, 6.07) is 11.0. The third kappa shape index (κ3) is 3.37. The van der Waals surface area contributed by atoms with E-state index in [0.717, 1.165) is 59.7 Å². The van der Waals surface area contributed by atoms with Crippen LogP contribution < -0.4 is 10.6 Å². The second-order valence-electron chi connectivity index (χ2n) is 7.07. The van der Waals surface area contributed by atoms with Crippen LogP contribution in [0.2, 0.25) is 0 Å². The molecule has 4 rings (SSSR count). The van der Waals surface area contributed by atoms with E-state index in [1.54, 1.807) is 0 Å². The number of aromatic nitrogens is 3. The number of hydrogen-bond donors (Lipinski definition) is 3. The highest BCUT2D eigenvalue weighted by Gasteiger charge is 2.16.